The molecular formula is C21H26N4O3. The van der Waals surface area contributed by atoms with Gasteiger partial charge in [0.2, 0.25) is 5.95 Å². The summed E-state index contributed by atoms with van der Waals surface area (Å²) in [5, 5.41) is 0. The lowest BCUT2D eigenvalue weighted by Gasteiger charge is -2.32. The van der Waals surface area contributed by atoms with Crippen molar-refractivity contribution in [2.45, 2.75) is 38.3 Å². The second-order valence-corrected chi connectivity index (χ2v) is 7.40. The number of ether oxygens (including phenoxy) is 1. The number of carbonyl (C=O) groups excluding carboxylic acids is 1. The van der Waals surface area contributed by atoms with Crippen LogP contribution in [0.3, 0.4) is 0 Å². The van der Waals surface area contributed by atoms with Crippen molar-refractivity contribution >= 4 is 11.9 Å². The second kappa shape index (κ2) is 8.14. The molecule has 1 atom stereocenters. The summed E-state index contributed by atoms with van der Waals surface area (Å²) in [4.78, 5) is 37.2. The van der Waals surface area contributed by atoms with Crippen LogP contribution in [0.5, 0.6) is 0 Å². The summed E-state index contributed by atoms with van der Waals surface area (Å²) in [6.07, 6.45) is 3.39. The van der Waals surface area contributed by atoms with Crippen molar-refractivity contribution in [3.8, 4) is 0 Å². The number of carbonyl (C=O) groups is 1. The molecule has 0 radical (unpaired) electrons. The third-order valence-electron chi connectivity index (χ3n) is 5.59. The average Bonchev–Trinajstić information content (AvgIpc) is 2.75. The van der Waals surface area contributed by atoms with Crippen molar-refractivity contribution in [2.24, 2.45) is 0 Å². The average molecular weight is 382 g/mol. The summed E-state index contributed by atoms with van der Waals surface area (Å²) in [7, 11) is 1.53. The Morgan fingerprint density at radius 3 is 2.61 bits per heavy atom. The highest BCUT2D eigenvalue weighted by Gasteiger charge is 2.30. The maximum atomic E-state index is 13.0. The fraction of sp³-hybridized carbons (Fsp3) is 0.476. The number of aromatic amines is 1. The van der Waals surface area contributed by atoms with Crippen LogP contribution in [0.1, 0.15) is 42.2 Å². The van der Waals surface area contributed by atoms with Crippen molar-refractivity contribution in [3.05, 3.63) is 57.5 Å². The minimum absolute atomic E-state index is 0.126. The molecule has 0 spiro atoms. The fourth-order valence-corrected chi connectivity index (χ4v) is 4.03. The summed E-state index contributed by atoms with van der Waals surface area (Å²) >= 11 is 0. The molecule has 0 aliphatic carbocycles. The molecule has 0 saturated carbocycles. The normalized spacial score (nSPS) is 17.9. The molecule has 2 aliphatic rings. The first-order chi connectivity index (χ1) is 13.7. The van der Waals surface area contributed by atoms with E-state index in [4.69, 9.17) is 9.72 Å². The molecule has 1 unspecified atom stereocenters. The Hall–Kier alpha value is -2.67. The number of aromatic nitrogens is 2. The van der Waals surface area contributed by atoms with Crippen molar-refractivity contribution in [1.29, 1.82) is 0 Å². The van der Waals surface area contributed by atoms with E-state index in [1.807, 2.05) is 30.3 Å². The van der Waals surface area contributed by atoms with Crippen LogP contribution < -0.4 is 10.5 Å². The number of nitrogens with zero attached hydrogens (tertiary/aromatic N) is 3. The maximum absolute atomic E-state index is 13.0. The Bertz CT molecular complexity index is 890. The molecule has 1 saturated heterocycles. The van der Waals surface area contributed by atoms with Gasteiger partial charge in [0, 0.05) is 33.2 Å². The molecule has 2 aromatic rings. The van der Waals surface area contributed by atoms with Gasteiger partial charge in [-0.05, 0) is 24.8 Å². The molecule has 1 fully saturated rings. The lowest BCUT2D eigenvalue weighted by molar-refractivity contribution is -0.143. The summed E-state index contributed by atoms with van der Waals surface area (Å²) in [6.45, 7) is 2.66. The first kappa shape index (κ1) is 18.7. The van der Waals surface area contributed by atoms with E-state index in [-0.39, 0.29) is 18.0 Å². The largest absolute Gasteiger partial charge is 0.367 e. The summed E-state index contributed by atoms with van der Waals surface area (Å²) in [5.74, 6) is 0.543. The number of anilines is 1. The third kappa shape index (κ3) is 3.67. The first-order valence-corrected chi connectivity index (χ1v) is 9.91. The van der Waals surface area contributed by atoms with Gasteiger partial charge in [0.1, 0.15) is 0 Å². The molecular weight excluding hydrogens is 356 g/mol. The molecule has 7 nitrogen and oxygen atoms in total. The van der Waals surface area contributed by atoms with Crippen LogP contribution in [0.4, 0.5) is 5.95 Å². The standard InChI is InChI=1S/C21H26N4O3/c1-28-18(15-8-4-2-5-9-15)20(27)25-13-10-17-16(14-25)19(26)23-21(22-17)24-11-6-3-7-12-24/h2,4-5,8-9,18H,3,6-7,10-14H2,1H3,(H,22,23,26). The van der Waals surface area contributed by atoms with E-state index in [9.17, 15) is 9.59 Å². The number of piperidine rings is 1. The highest BCUT2D eigenvalue weighted by molar-refractivity contribution is 5.82. The highest BCUT2D eigenvalue weighted by Crippen LogP contribution is 2.24. The van der Waals surface area contributed by atoms with Gasteiger partial charge in [-0.3, -0.25) is 14.6 Å². The quantitative estimate of drug-likeness (QED) is 0.875. The monoisotopic (exact) mass is 382 g/mol. The molecule has 1 aromatic carbocycles. The predicted octanol–water partition coefficient (Wildman–Crippen LogP) is 2.03. The minimum atomic E-state index is -0.664. The van der Waals surface area contributed by atoms with Gasteiger partial charge in [-0.1, -0.05) is 30.3 Å². The number of methoxy groups -OCH3 is 1. The molecule has 4 rings (SSSR count). The number of hydrogen-bond donors (Lipinski definition) is 1. The van der Waals surface area contributed by atoms with Crippen molar-refractivity contribution < 1.29 is 9.53 Å². The fourth-order valence-electron chi connectivity index (χ4n) is 4.03. The van der Waals surface area contributed by atoms with Crippen LogP contribution in [-0.2, 0) is 22.5 Å². The molecule has 28 heavy (non-hydrogen) atoms. The third-order valence-corrected chi connectivity index (χ3v) is 5.59. The number of hydrogen-bond acceptors (Lipinski definition) is 5. The van der Waals surface area contributed by atoms with Gasteiger partial charge in [0.25, 0.3) is 11.5 Å². The molecule has 2 aliphatic heterocycles. The molecule has 0 bridgehead atoms. The Balaban J connectivity index is 1.54. The molecule has 7 heteroatoms. The number of nitrogens with one attached hydrogen (secondary N) is 1. The van der Waals surface area contributed by atoms with Gasteiger partial charge in [-0.2, -0.15) is 0 Å². The summed E-state index contributed by atoms with van der Waals surface area (Å²) < 4.78 is 5.47. The topological polar surface area (TPSA) is 78.5 Å². The zero-order valence-corrected chi connectivity index (χ0v) is 16.2. The van der Waals surface area contributed by atoms with Crippen LogP contribution in [0.15, 0.2) is 35.1 Å². The number of benzene rings is 1. The SMILES string of the molecule is COC(C(=O)N1CCc2nc(N3CCCCC3)[nH]c(=O)c2C1)c1ccccc1. The Labute approximate surface area is 164 Å². The predicted molar refractivity (Wildman–Crippen MR) is 106 cm³/mol. The molecule has 1 N–H and O–H groups in total. The Kier molecular flexibility index (Phi) is 5.43. The summed E-state index contributed by atoms with van der Waals surface area (Å²) in [6, 6.07) is 9.43. The zero-order chi connectivity index (χ0) is 19.5. The molecule has 1 amide bonds. The van der Waals surface area contributed by atoms with E-state index in [1.54, 1.807) is 4.90 Å². The minimum Gasteiger partial charge on any atom is -0.367 e. The van der Waals surface area contributed by atoms with Crippen LogP contribution in [0.2, 0.25) is 0 Å². The lowest BCUT2D eigenvalue weighted by Crippen LogP contribution is -2.43. The van der Waals surface area contributed by atoms with Gasteiger partial charge in [-0.15, -0.1) is 0 Å². The van der Waals surface area contributed by atoms with E-state index in [2.05, 4.69) is 9.88 Å². The number of rotatable bonds is 4. The van der Waals surface area contributed by atoms with Gasteiger partial charge in [0.15, 0.2) is 6.10 Å². The maximum Gasteiger partial charge on any atom is 0.257 e. The van der Waals surface area contributed by atoms with Gasteiger partial charge in [-0.25, -0.2) is 4.98 Å². The Morgan fingerprint density at radius 2 is 1.89 bits per heavy atom. The number of amides is 1. The second-order valence-electron chi connectivity index (χ2n) is 7.40. The highest BCUT2D eigenvalue weighted by atomic mass is 16.5. The van der Waals surface area contributed by atoms with E-state index in [0.29, 0.717) is 24.5 Å². The van der Waals surface area contributed by atoms with Gasteiger partial charge >= 0.3 is 0 Å². The van der Waals surface area contributed by atoms with Gasteiger partial charge in [0.05, 0.1) is 17.8 Å². The Morgan fingerprint density at radius 1 is 1.14 bits per heavy atom. The van der Waals surface area contributed by atoms with Crippen LogP contribution in [0.25, 0.3) is 0 Å². The zero-order valence-electron chi connectivity index (χ0n) is 16.2. The lowest BCUT2D eigenvalue weighted by atomic mass is 10.0. The van der Waals surface area contributed by atoms with Crippen molar-refractivity contribution in [1.82, 2.24) is 14.9 Å². The van der Waals surface area contributed by atoms with E-state index in [0.717, 1.165) is 37.2 Å². The van der Waals surface area contributed by atoms with Gasteiger partial charge < -0.3 is 14.5 Å². The van der Waals surface area contributed by atoms with E-state index in [1.165, 1.54) is 13.5 Å². The number of fused-ring (bicyclic) bond motifs is 1. The number of H-pyrrole nitrogens is 1. The molecule has 3 heterocycles. The molecule has 148 valence electrons. The van der Waals surface area contributed by atoms with E-state index < -0.39 is 6.10 Å². The van der Waals surface area contributed by atoms with Crippen LogP contribution in [-0.4, -0.2) is 47.5 Å². The van der Waals surface area contributed by atoms with Crippen molar-refractivity contribution in [2.75, 3.05) is 31.6 Å². The summed E-state index contributed by atoms with van der Waals surface area (Å²) in [5.41, 5.74) is 2.07. The van der Waals surface area contributed by atoms with Crippen molar-refractivity contribution in [3.63, 3.8) is 0 Å². The first-order valence-electron chi connectivity index (χ1n) is 9.91. The molecule has 1 aromatic heterocycles. The van der Waals surface area contributed by atoms with Crippen LogP contribution >= 0.6 is 0 Å². The smallest absolute Gasteiger partial charge is 0.257 e. The van der Waals surface area contributed by atoms with Crippen LogP contribution in [0, 0.1) is 0 Å². The van der Waals surface area contributed by atoms with E-state index >= 15 is 0 Å².